The molecule has 1 saturated heterocycles. The Morgan fingerprint density at radius 3 is 2.60 bits per heavy atom. The molecule has 0 aromatic heterocycles. The maximum absolute atomic E-state index is 3.48. The van der Waals surface area contributed by atoms with Crippen LogP contribution in [0.25, 0.3) is 0 Å². The minimum Gasteiger partial charge on any atom is -0.313 e. The van der Waals surface area contributed by atoms with Crippen LogP contribution >= 0.6 is 0 Å². The van der Waals surface area contributed by atoms with Crippen LogP contribution in [0.3, 0.4) is 0 Å². The van der Waals surface area contributed by atoms with Gasteiger partial charge in [0.1, 0.15) is 0 Å². The first-order valence-corrected chi connectivity index (χ1v) is 8.09. The number of nitrogens with one attached hydrogen (secondary N) is 1. The summed E-state index contributed by atoms with van der Waals surface area (Å²) in [7, 11) is 2.08. The van der Waals surface area contributed by atoms with Gasteiger partial charge < -0.3 is 10.2 Å². The fourth-order valence-electron chi connectivity index (χ4n) is 3.31. The predicted molar refractivity (Wildman–Crippen MR) is 87.0 cm³/mol. The molecule has 112 valence electrons. The normalized spacial score (nSPS) is 25.6. The van der Waals surface area contributed by atoms with Crippen LogP contribution in [0, 0.1) is 12.8 Å². The first-order chi connectivity index (χ1) is 9.61. The average molecular weight is 274 g/mol. The van der Waals surface area contributed by atoms with Crippen molar-refractivity contribution in [3.05, 3.63) is 35.4 Å². The number of benzene rings is 1. The topological polar surface area (TPSA) is 15.3 Å². The van der Waals surface area contributed by atoms with E-state index in [9.17, 15) is 0 Å². The molecule has 0 aliphatic carbocycles. The van der Waals surface area contributed by atoms with E-state index >= 15 is 0 Å². The minimum absolute atomic E-state index is 0.472. The fourth-order valence-corrected chi connectivity index (χ4v) is 3.31. The molecule has 2 nitrogen and oxygen atoms in total. The standard InChI is InChI=1S/C18H30N2/c1-14-7-9-17(10-8-14)18(19-4)11-13-20-12-5-6-15(2)16(20)3/h7-10,15-16,18-19H,5-6,11-13H2,1-4H3. The van der Waals surface area contributed by atoms with Crippen LogP contribution in [0.1, 0.15) is 50.3 Å². The molecule has 1 heterocycles. The van der Waals surface area contributed by atoms with Gasteiger partial charge in [0.25, 0.3) is 0 Å². The van der Waals surface area contributed by atoms with Crippen molar-refractivity contribution in [3.8, 4) is 0 Å². The minimum atomic E-state index is 0.472. The summed E-state index contributed by atoms with van der Waals surface area (Å²) in [6, 6.07) is 10.2. The highest BCUT2D eigenvalue weighted by molar-refractivity contribution is 5.24. The van der Waals surface area contributed by atoms with E-state index in [-0.39, 0.29) is 0 Å². The van der Waals surface area contributed by atoms with Gasteiger partial charge in [-0.2, -0.15) is 0 Å². The lowest BCUT2D eigenvalue weighted by molar-refractivity contribution is 0.109. The van der Waals surface area contributed by atoms with Gasteiger partial charge in [-0.15, -0.1) is 0 Å². The quantitative estimate of drug-likeness (QED) is 0.879. The predicted octanol–water partition coefficient (Wildman–Crippen LogP) is 3.77. The summed E-state index contributed by atoms with van der Waals surface area (Å²) in [5.41, 5.74) is 2.75. The molecule has 1 N–H and O–H groups in total. The Hall–Kier alpha value is -0.860. The van der Waals surface area contributed by atoms with E-state index in [1.165, 1.54) is 43.5 Å². The van der Waals surface area contributed by atoms with Gasteiger partial charge in [0, 0.05) is 18.6 Å². The van der Waals surface area contributed by atoms with Gasteiger partial charge in [-0.05, 0) is 58.2 Å². The van der Waals surface area contributed by atoms with E-state index in [0.717, 1.165) is 12.0 Å². The van der Waals surface area contributed by atoms with Crippen molar-refractivity contribution in [1.82, 2.24) is 10.2 Å². The van der Waals surface area contributed by atoms with E-state index < -0.39 is 0 Å². The summed E-state index contributed by atoms with van der Waals surface area (Å²) in [6.45, 7) is 9.41. The number of hydrogen-bond acceptors (Lipinski definition) is 2. The molecule has 2 heteroatoms. The molecule has 1 aliphatic heterocycles. The lowest BCUT2D eigenvalue weighted by Crippen LogP contribution is -2.43. The van der Waals surface area contributed by atoms with Crippen molar-refractivity contribution in [3.63, 3.8) is 0 Å². The first kappa shape index (κ1) is 15.5. The molecule has 20 heavy (non-hydrogen) atoms. The zero-order valence-electron chi connectivity index (χ0n) is 13.5. The van der Waals surface area contributed by atoms with Crippen LogP contribution < -0.4 is 5.32 Å². The molecule has 0 spiro atoms. The van der Waals surface area contributed by atoms with Gasteiger partial charge >= 0.3 is 0 Å². The summed E-state index contributed by atoms with van der Waals surface area (Å²) < 4.78 is 0. The van der Waals surface area contributed by atoms with Crippen molar-refractivity contribution < 1.29 is 0 Å². The molecule has 1 aromatic carbocycles. The molecule has 3 atom stereocenters. The van der Waals surface area contributed by atoms with Gasteiger partial charge in [0.05, 0.1) is 0 Å². The Morgan fingerprint density at radius 2 is 1.95 bits per heavy atom. The highest BCUT2D eigenvalue weighted by Crippen LogP contribution is 2.25. The van der Waals surface area contributed by atoms with E-state index in [2.05, 4.69) is 62.3 Å². The lowest BCUT2D eigenvalue weighted by atomic mass is 9.91. The molecule has 1 aromatic rings. The van der Waals surface area contributed by atoms with Gasteiger partial charge in [0.15, 0.2) is 0 Å². The first-order valence-electron chi connectivity index (χ1n) is 8.09. The maximum Gasteiger partial charge on any atom is 0.0329 e. The highest BCUT2D eigenvalue weighted by atomic mass is 15.2. The molecule has 0 amide bonds. The van der Waals surface area contributed by atoms with Crippen molar-refractivity contribution in [1.29, 1.82) is 0 Å². The third-order valence-corrected chi connectivity index (χ3v) is 5.04. The Morgan fingerprint density at radius 1 is 1.25 bits per heavy atom. The molecule has 0 saturated carbocycles. The largest absolute Gasteiger partial charge is 0.313 e. The monoisotopic (exact) mass is 274 g/mol. The third kappa shape index (κ3) is 3.83. The van der Waals surface area contributed by atoms with Crippen molar-refractivity contribution in [2.45, 2.75) is 52.1 Å². The second-order valence-electron chi connectivity index (χ2n) is 6.44. The molecular weight excluding hydrogens is 244 g/mol. The number of nitrogens with zero attached hydrogens (tertiary/aromatic N) is 1. The smallest absolute Gasteiger partial charge is 0.0329 e. The van der Waals surface area contributed by atoms with Crippen LogP contribution in [0.15, 0.2) is 24.3 Å². The molecule has 3 unspecified atom stereocenters. The number of hydrogen-bond donors (Lipinski definition) is 1. The Bertz CT molecular complexity index is 398. The summed E-state index contributed by atoms with van der Waals surface area (Å²) >= 11 is 0. The zero-order valence-corrected chi connectivity index (χ0v) is 13.5. The van der Waals surface area contributed by atoms with Crippen LogP contribution in [0.4, 0.5) is 0 Å². The molecule has 0 bridgehead atoms. The summed E-state index contributed by atoms with van der Waals surface area (Å²) in [5, 5.41) is 3.48. The van der Waals surface area contributed by atoms with Crippen LogP contribution in [-0.2, 0) is 0 Å². The van der Waals surface area contributed by atoms with Crippen LogP contribution in [-0.4, -0.2) is 31.1 Å². The fraction of sp³-hybridized carbons (Fsp3) is 0.667. The number of likely N-dealkylation sites (tertiary alicyclic amines) is 1. The number of piperidine rings is 1. The van der Waals surface area contributed by atoms with Gasteiger partial charge in [0.2, 0.25) is 0 Å². The van der Waals surface area contributed by atoms with Crippen molar-refractivity contribution >= 4 is 0 Å². The van der Waals surface area contributed by atoms with E-state index in [4.69, 9.17) is 0 Å². The third-order valence-electron chi connectivity index (χ3n) is 5.04. The summed E-state index contributed by atoms with van der Waals surface area (Å²) in [6.07, 6.45) is 3.95. The Balaban J connectivity index is 1.92. The lowest BCUT2D eigenvalue weighted by Gasteiger charge is -2.38. The molecular formula is C18H30N2. The second-order valence-corrected chi connectivity index (χ2v) is 6.44. The Kier molecular flexibility index (Phi) is 5.62. The highest BCUT2D eigenvalue weighted by Gasteiger charge is 2.24. The second kappa shape index (κ2) is 7.24. The molecule has 1 aliphatic rings. The van der Waals surface area contributed by atoms with Crippen molar-refractivity contribution in [2.24, 2.45) is 5.92 Å². The van der Waals surface area contributed by atoms with Gasteiger partial charge in [-0.25, -0.2) is 0 Å². The summed E-state index contributed by atoms with van der Waals surface area (Å²) in [5.74, 6) is 0.844. The average Bonchev–Trinajstić information content (AvgIpc) is 2.45. The number of rotatable bonds is 5. The van der Waals surface area contributed by atoms with E-state index in [1.807, 2.05) is 0 Å². The number of aryl methyl sites for hydroxylation is 1. The van der Waals surface area contributed by atoms with Crippen LogP contribution in [0.2, 0.25) is 0 Å². The zero-order chi connectivity index (χ0) is 14.5. The van der Waals surface area contributed by atoms with Crippen molar-refractivity contribution in [2.75, 3.05) is 20.1 Å². The molecule has 2 rings (SSSR count). The molecule has 0 radical (unpaired) electrons. The van der Waals surface area contributed by atoms with E-state index in [0.29, 0.717) is 6.04 Å². The van der Waals surface area contributed by atoms with E-state index in [1.54, 1.807) is 0 Å². The Labute approximate surface area is 124 Å². The van der Waals surface area contributed by atoms with Crippen LogP contribution in [0.5, 0.6) is 0 Å². The maximum atomic E-state index is 3.48. The van der Waals surface area contributed by atoms with Gasteiger partial charge in [-0.1, -0.05) is 36.8 Å². The van der Waals surface area contributed by atoms with Gasteiger partial charge in [-0.3, -0.25) is 0 Å². The summed E-state index contributed by atoms with van der Waals surface area (Å²) in [4.78, 5) is 2.67. The SMILES string of the molecule is CNC(CCN1CCCC(C)C1C)c1ccc(C)cc1. The molecule has 1 fully saturated rings.